The molecular formula is C19H21F3N2O4S. The van der Waals surface area contributed by atoms with Crippen molar-refractivity contribution in [3.8, 4) is 0 Å². The van der Waals surface area contributed by atoms with Crippen LogP contribution in [0.15, 0.2) is 29.6 Å². The number of thiazole rings is 1. The molecule has 0 fully saturated rings. The van der Waals surface area contributed by atoms with Crippen LogP contribution in [0.5, 0.6) is 0 Å². The molecule has 6 nitrogen and oxygen atoms in total. The molecule has 0 atom stereocenters. The van der Waals surface area contributed by atoms with Crippen molar-refractivity contribution in [2.24, 2.45) is 0 Å². The second-order valence-corrected chi connectivity index (χ2v) is 6.91. The first kappa shape index (κ1) is 22.8. The molecule has 1 aromatic heterocycles. The van der Waals surface area contributed by atoms with Crippen molar-refractivity contribution in [1.29, 1.82) is 0 Å². The van der Waals surface area contributed by atoms with E-state index in [1.54, 1.807) is 0 Å². The normalized spacial score (nSPS) is 11.3. The molecule has 0 unspecified atom stereocenters. The number of aromatic nitrogens is 1. The van der Waals surface area contributed by atoms with Crippen LogP contribution in [0.25, 0.3) is 0 Å². The maximum atomic E-state index is 12.9. The number of alkyl halides is 3. The number of halogens is 3. The van der Waals surface area contributed by atoms with E-state index < -0.39 is 23.6 Å². The second-order valence-electron chi connectivity index (χ2n) is 5.97. The zero-order valence-corrected chi connectivity index (χ0v) is 16.8. The number of rotatable bonds is 9. The van der Waals surface area contributed by atoms with Crippen molar-refractivity contribution in [2.75, 3.05) is 26.9 Å². The summed E-state index contributed by atoms with van der Waals surface area (Å²) in [5.41, 5.74) is -0.539. The van der Waals surface area contributed by atoms with Crippen molar-refractivity contribution < 1.29 is 32.2 Å². The summed E-state index contributed by atoms with van der Waals surface area (Å²) in [6.07, 6.45) is -3.92. The molecule has 0 radical (unpaired) electrons. The predicted octanol–water partition coefficient (Wildman–Crippen LogP) is 4.02. The van der Waals surface area contributed by atoms with E-state index in [2.05, 4.69) is 9.72 Å². The first-order valence-corrected chi connectivity index (χ1v) is 9.71. The minimum absolute atomic E-state index is 0.119. The Morgan fingerprint density at radius 3 is 2.48 bits per heavy atom. The highest BCUT2D eigenvalue weighted by molar-refractivity contribution is 7.09. The van der Waals surface area contributed by atoms with E-state index in [0.717, 1.165) is 24.3 Å². The van der Waals surface area contributed by atoms with Crippen LogP contribution in [0.1, 0.15) is 44.8 Å². The maximum absolute atomic E-state index is 12.9. The summed E-state index contributed by atoms with van der Waals surface area (Å²) in [5, 5.41) is 2.05. The van der Waals surface area contributed by atoms with Gasteiger partial charge in [0.05, 0.1) is 19.2 Å². The Morgan fingerprint density at radius 2 is 1.90 bits per heavy atom. The monoisotopic (exact) mass is 430 g/mol. The number of benzene rings is 1. The van der Waals surface area contributed by atoms with E-state index in [-0.39, 0.29) is 17.8 Å². The van der Waals surface area contributed by atoms with Crippen LogP contribution in [-0.4, -0.2) is 48.6 Å². The van der Waals surface area contributed by atoms with Gasteiger partial charge in [-0.2, -0.15) is 13.2 Å². The molecule has 0 saturated heterocycles. The van der Waals surface area contributed by atoms with Gasteiger partial charge in [0.1, 0.15) is 5.01 Å². The van der Waals surface area contributed by atoms with Crippen molar-refractivity contribution in [3.63, 3.8) is 0 Å². The predicted molar refractivity (Wildman–Crippen MR) is 101 cm³/mol. The van der Waals surface area contributed by atoms with E-state index in [9.17, 15) is 22.8 Å². The summed E-state index contributed by atoms with van der Waals surface area (Å²) < 4.78 is 48.2. The average molecular weight is 430 g/mol. The van der Waals surface area contributed by atoms with Crippen LogP contribution in [-0.2, 0) is 22.2 Å². The van der Waals surface area contributed by atoms with E-state index in [4.69, 9.17) is 4.74 Å². The molecule has 29 heavy (non-hydrogen) atoms. The lowest BCUT2D eigenvalue weighted by molar-refractivity contribution is -0.137. The maximum Gasteiger partial charge on any atom is 0.416 e. The zero-order valence-electron chi connectivity index (χ0n) is 16.0. The molecule has 1 amide bonds. The molecule has 158 valence electrons. The van der Waals surface area contributed by atoms with Gasteiger partial charge in [0, 0.05) is 30.7 Å². The first-order chi connectivity index (χ1) is 13.8. The lowest BCUT2D eigenvalue weighted by Gasteiger charge is -2.22. The summed E-state index contributed by atoms with van der Waals surface area (Å²) >= 11 is 1.20. The van der Waals surface area contributed by atoms with Gasteiger partial charge in [0.15, 0.2) is 5.69 Å². The van der Waals surface area contributed by atoms with Crippen molar-refractivity contribution >= 4 is 23.2 Å². The van der Waals surface area contributed by atoms with Gasteiger partial charge in [-0.1, -0.05) is 0 Å². The fourth-order valence-electron chi connectivity index (χ4n) is 2.48. The number of carbonyl (C=O) groups is 2. The number of methoxy groups -OCH3 is 1. The van der Waals surface area contributed by atoms with Gasteiger partial charge < -0.3 is 14.4 Å². The van der Waals surface area contributed by atoms with Crippen molar-refractivity contribution in [3.05, 3.63) is 51.5 Å². The van der Waals surface area contributed by atoms with Gasteiger partial charge in [0.2, 0.25) is 0 Å². The Balaban J connectivity index is 2.16. The Kier molecular flexibility index (Phi) is 8.15. The van der Waals surface area contributed by atoms with Crippen LogP contribution in [0.4, 0.5) is 13.2 Å². The quantitative estimate of drug-likeness (QED) is 0.444. The van der Waals surface area contributed by atoms with Crippen molar-refractivity contribution in [2.45, 2.75) is 26.1 Å². The summed E-state index contributed by atoms with van der Waals surface area (Å²) in [6, 6.07) is 4.07. The largest absolute Gasteiger partial charge is 0.464 e. The van der Waals surface area contributed by atoms with Gasteiger partial charge in [-0.25, -0.2) is 9.78 Å². The molecule has 2 aromatic rings. The summed E-state index contributed by atoms with van der Waals surface area (Å²) in [6.45, 7) is 3.29. The highest BCUT2D eigenvalue weighted by atomic mass is 32.1. The molecule has 0 spiro atoms. The molecule has 0 aliphatic rings. The molecule has 0 saturated carbocycles. The molecule has 0 bridgehead atoms. The number of hydrogen-bond donors (Lipinski definition) is 0. The van der Waals surface area contributed by atoms with E-state index >= 15 is 0 Å². The fraction of sp³-hybridized carbons (Fsp3) is 0.421. The number of esters is 1. The Bertz CT molecular complexity index is 822. The highest BCUT2D eigenvalue weighted by Gasteiger charge is 2.30. The van der Waals surface area contributed by atoms with Gasteiger partial charge in [0.25, 0.3) is 5.91 Å². The van der Waals surface area contributed by atoms with Gasteiger partial charge in [-0.05, 0) is 37.6 Å². The van der Waals surface area contributed by atoms with Gasteiger partial charge in [-0.3, -0.25) is 4.79 Å². The van der Waals surface area contributed by atoms with Crippen LogP contribution < -0.4 is 0 Å². The third-order valence-electron chi connectivity index (χ3n) is 3.94. The first-order valence-electron chi connectivity index (χ1n) is 8.83. The van der Waals surface area contributed by atoms with Crippen molar-refractivity contribution in [1.82, 2.24) is 9.88 Å². The third kappa shape index (κ3) is 6.53. The SMILES string of the molecule is CCOCCCN(Cc1nc(C(=O)OC)cs1)C(=O)c1ccc(C(F)(F)F)cc1. The molecule has 1 aromatic carbocycles. The molecule has 2 rings (SSSR count). The smallest absolute Gasteiger partial charge is 0.416 e. The van der Waals surface area contributed by atoms with Gasteiger partial charge in [-0.15, -0.1) is 11.3 Å². The molecular weight excluding hydrogens is 409 g/mol. The minimum atomic E-state index is -4.47. The van der Waals surface area contributed by atoms with E-state index in [1.165, 1.54) is 28.7 Å². The molecule has 0 N–H and O–H groups in total. The molecule has 1 heterocycles. The standard InChI is InChI=1S/C19H21F3N2O4S/c1-3-28-10-4-9-24(11-16-23-15(12-29-16)18(26)27-2)17(25)13-5-7-14(8-6-13)19(20,21)22/h5-8,12H,3-4,9-11H2,1-2H3. The van der Waals surface area contributed by atoms with E-state index in [0.29, 0.717) is 31.2 Å². The number of nitrogens with zero attached hydrogens (tertiary/aromatic N) is 2. The zero-order chi connectivity index (χ0) is 21.4. The topological polar surface area (TPSA) is 68.7 Å². The number of ether oxygens (including phenoxy) is 2. The summed E-state index contributed by atoms with van der Waals surface area (Å²) in [4.78, 5) is 30.0. The second kappa shape index (κ2) is 10.4. The third-order valence-corrected chi connectivity index (χ3v) is 4.77. The highest BCUT2D eigenvalue weighted by Crippen LogP contribution is 2.29. The van der Waals surface area contributed by atoms with Crippen LogP contribution in [0.2, 0.25) is 0 Å². The molecule has 0 aliphatic carbocycles. The summed E-state index contributed by atoms with van der Waals surface area (Å²) in [5.74, 6) is -1.01. The lowest BCUT2D eigenvalue weighted by atomic mass is 10.1. The number of carbonyl (C=O) groups excluding carboxylic acids is 2. The Labute approximate surface area is 170 Å². The Morgan fingerprint density at radius 1 is 1.21 bits per heavy atom. The number of amides is 1. The summed E-state index contributed by atoms with van der Waals surface area (Å²) in [7, 11) is 1.25. The van der Waals surface area contributed by atoms with Crippen LogP contribution >= 0.6 is 11.3 Å². The van der Waals surface area contributed by atoms with Crippen LogP contribution in [0, 0.1) is 0 Å². The van der Waals surface area contributed by atoms with Gasteiger partial charge >= 0.3 is 12.1 Å². The average Bonchev–Trinajstić information content (AvgIpc) is 3.17. The lowest BCUT2D eigenvalue weighted by Crippen LogP contribution is -2.32. The van der Waals surface area contributed by atoms with Crippen LogP contribution in [0.3, 0.4) is 0 Å². The molecule has 0 aliphatic heterocycles. The fourth-order valence-corrected chi connectivity index (χ4v) is 3.26. The number of hydrogen-bond acceptors (Lipinski definition) is 6. The van der Waals surface area contributed by atoms with E-state index in [1.807, 2.05) is 6.92 Å². The minimum Gasteiger partial charge on any atom is -0.464 e. The molecule has 10 heteroatoms. The Hall–Kier alpha value is -2.46.